The van der Waals surface area contributed by atoms with Crippen molar-refractivity contribution in [2.24, 2.45) is 0 Å². The zero-order valence-corrected chi connectivity index (χ0v) is 15.8. The Kier molecular flexibility index (Phi) is 5.01. The number of hydrogen-bond donors (Lipinski definition) is 0. The largest absolute Gasteiger partial charge is 0.341 e. The first-order valence-corrected chi connectivity index (χ1v) is 9.87. The monoisotopic (exact) mass is 368 g/mol. The lowest BCUT2D eigenvalue weighted by atomic mass is 9.94. The minimum Gasteiger partial charge on any atom is -0.341 e. The van der Waals surface area contributed by atoms with Gasteiger partial charge in [0.25, 0.3) is 0 Å². The van der Waals surface area contributed by atoms with Crippen LogP contribution in [0.3, 0.4) is 0 Å². The summed E-state index contributed by atoms with van der Waals surface area (Å²) in [4.78, 5) is 17.8. The van der Waals surface area contributed by atoms with Gasteiger partial charge in [-0.25, -0.2) is 0 Å². The zero-order valence-electron chi connectivity index (χ0n) is 15.0. The maximum absolute atomic E-state index is 13.2. The number of carbonyl (C=O) groups excluding carboxylic acids is 1. The van der Waals surface area contributed by atoms with Gasteiger partial charge in [-0.3, -0.25) is 9.69 Å². The first kappa shape index (κ1) is 17.6. The van der Waals surface area contributed by atoms with Crippen molar-refractivity contribution < 1.29 is 4.79 Å². The van der Waals surface area contributed by atoms with Gasteiger partial charge in [-0.05, 0) is 42.5 Å². The molecule has 0 aromatic heterocycles. The van der Waals surface area contributed by atoms with Crippen LogP contribution in [0.15, 0.2) is 54.6 Å². The van der Waals surface area contributed by atoms with Crippen LogP contribution in [-0.4, -0.2) is 41.9 Å². The predicted octanol–water partition coefficient (Wildman–Crippen LogP) is 4.11. The third-order valence-corrected chi connectivity index (χ3v) is 5.93. The van der Waals surface area contributed by atoms with Crippen LogP contribution >= 0.6 is 11.6 Å². The van der Waals surface area contributed by atoms with E-state index < -0.39 is 0 Å². The summed E-state index contributed by atoms with van der Waals surface area (Å²) >= 11 is 5.98. The van der Waals surface area contributed by atoms with Crippen LogP contribution in [0.4, 0.5) is 0 Å². The summed E-state index contributed by atoms with van der Waals surface area (Å²) in [5.41, 5.74) is 2.22. The standard InChI is InChI=1S/C22H25ClN2O/c23-20-9-7-18(8-10-20)17-24-13-4-14-25(16-15-24)21(26)22(11-12-22)19-5-2-1-3-6-19/h1-3,5-10H,4,11-17H2. The highest BCUT2D eigenvalue weighted by atomic mass is 35.5. The van der Waals surface area contributed by atoms with Crippen LogP contribution < -0.4 is 0 Å². The fourth-order valence-corrected chi connectivity index (χ4v) is 4.12. The van der Waals surface area contributed by atoms with Gasteiger partial charge in [0.2, 0.25) is 5.91 Å². The van der Waals surface area contributed by atoms with Crippen LogP contribution in [0.2, 0.25) is 5.02 Å². The predicted molar refractivity (Wildman–Crippen MR) is 105 cm³/mol. The number of halogens is 1. The molecule has 1 aliphatic heterocycles. The molecule has 1 saturated carbocycles. The van der Waals surface area contributed by atoms with E-state index in [4.69, 9.17) is 11.6 Å². The molecule has 4 heteroatoms. The van der Waals surface area contributed by atoms with E-state index in [0.717, 1.165) is 57.0 Å². The van der Waals surface area contributed by atoms with Crippen LogP contribution in [0, 0.1) is 0 Å². The average Bonchev–Trinajstić information content (AvgIpc) is 3.49. The van der Waals surface area contributed by atoms with Crippen LogP contribution in [-0.2, 0) is 16.8 Å². The summed E-state index contributed by atoms with van der Waals surface area (Å²) < 4.78 is 0. The van der Waals surface area contributed by atoms with E-state index in [1.54, 1.807) is 0 Å². The molecule has 2 fully saturated rings. The molecule has 26 heavy (non-hydrogen) atoms. The summed E-state index contributed by atoms with van der Waals surface area (Å²) in [5, 5.41) is 0.775. The van der Waals surface area contributed by atoms with E-state index in [2.05, 4.69) is 34.1 Å². The van der Waals surface area contributed by atoms with E-state index in [-0.39, 0.29) is 5.41 Å². The van der Waals surface area contributed by atoms with Gasteiger partial charge in [-0.15, -0.1) is 0 Å². The maximum atomic E-state index is 13.2. The molecule has 0 spiro atoms. The molecule has 1 heterocycles. The Bertz CT molecular complexity index is 755. The highest BCUT2D eigenvalue weighted by Crippen LogP contribution is 2.49. The number of amides is 1. The third kappa shape index (κ3) is 3.65. The van der Waals surface area contributed by atoms with Crippen molar-refractivity contribution in [2.45, 2.75) is 31.2 Å². The quantitative estimate of drug-likeness (QED) is 0.810. The molecule has 4 rings (SSSR count). The van der Waals surface area contributed by atoms with Gasteiger partial charge in [0.1, 0.15) is 0 Å². The topological polar surface area (TPSA) is 23.6 Å². The Balaban J connectivity index is 1.39. The van der Waals surface area contributed by atoms with Crippen molar-refractivity contribution in [1.29, 1.82) is 0 Å². The lowest BCUT2D eigenvalue weighted by molar-refractivity contribution is -0.133. The molecule has 3 nitrogen and oxygen atoms in total. The fraction of sp³-hybridized carbons (Fsp3) is 0.409. The molecule has 0 unspecified atom stereocenters. The maximum Gasteiger partial charge on any atom is 0.233 e. The Morgan fingerprint density at radius 3 is 2.35 bits per heavy atom. The highest BCUT2D eigenvalue weighted by Gasteiger charge is 2.52. The van der Waals surface area contributed by atoms with Crippen LogP contribution in [0.25, 0.3) is 0 Å². The lowest BCUT2D eigenvalue weighted by Crippen LogP contribution is -2.41. The zero-order chi connectivity index (χ0) is 18.0. The van der Waals surface area contributed by atoms with Crippen molar-refractivity contribution in [3.8, 4) is 0 Å². The second-order valence-corrected chi connectivity index (χ2v) is 7.93. The summed E-state index contributed by atoms with van der Waals surface area (Å²) in [6, 6.07) is 18.4. The Morgan fingerprint density at radius 2 is 1.65 bits per heavy atom. The smallest absolute Gasteiger partial charge is 0.233 e. The molecule has 0 N–H and O–H groups in total. The normalized spacial score (nSPS) is 19.8. The number of nitrogens with zero attached hydrogens (tertiary/aromatic N) is 2. The molecule has 1 saturated heterocycles. The van der Waals surface area contributed by atoms with Crippen LogP contribution in [0.1, 0.15) is 30.4 Å². The van der Waals surface area contributed by atoms with Crippen molar-refractivity contribution in [2.75, 3.05) is 26.2 Å². The van der Waals surface area contributed by atoms with Gasteiger partial charge in [-0.1, -0.05) is 54.1 Å². The molecule has 0 bridgehead atoms. The second kappa shape index (κ2) is 7.42. The molecule has 2 aromatic carbocycles. The first-order valence-electron chi connectivity index (χ1n) is 9.49. The molecule has 136 valence electrons. The minimum atomic E-state index is -0.243. The van der Waals surface area contributed by atoms with E-state index >= 15 is 0 Å². The molecule has 2 aliphatic rings. The Labute approximate surface area is 160 Å². The lowest BCUT2D eigenvalue weighted by Gasteiger charge is -2.26. The van der Waals surface area contributed by atoms with Crippen molar-refractivity contribution in [3.63, 3.8) is 0 Å². The number of carbonyl (C=O) groups is 1. The van der Waals surface area contributed by atoms with Gasteiger partial charge in [0, 0.05) is 37.7 Å². The molecule has 0 radical (unpaired) electrons. The molecular formula is C22H25ClN2O. The average molecular weight is 369 g/mol. The molecular weight excluding hydrogens is 344 g/mol. The van der Waals surface area contributed by atoms with Gasteiger partial charge in [-0.2, -0.15) is 0 Å². The molecule has 2 aromatic rings. The van der Waals surface area contributed by atoms with Gasteiger partial charge in [0.05, 0.1) is 5.41 Å². The molecule has 1 amide bonds. The number of hydrogen-bond acceptors (Lipinski definition) is 2. The Hall–Kier alpha value is -1.84. The van der Waals surface area contributed by atoms with E-state index in [9.17, 15) is 4.79 Å². The third-order valence-electron chi connectivity index (χ3n) is 5.68. The fourth-order valence-electron chi connectivity index (χ4n) is 3.99. The van der Waals surface area contributed by atoms with Gasteiger partial charge >= 0.3 is 0 Å². The SMILES string of the molecule is O=C(N1CCCN(Cc2ccc(Cl)cc2)CC1)C1(c2ccccc2)CC1. The van der Waals surface area contributed by atoms with Gasteiger partial charge < -0.3 is 4.90 Å². The van der Waals surface area contributed by atoms with Crippen molar-refractivity contribution >= 4 is 17.5 Å². The summed E-state index contributed by atoms with van der Waals surface area (Å²) in [6.07, 6.45) is 3.01. The van der Waals surface area contributed by atoms with Crippen molar-refractivity contribution in [3.05, 3.63) is 70.7 Å². The summed E-state index contributed by atoms with van der Waals surface area (Å²) in [5.74, 6) is 0.331. The highest BCUT2D eigenvalue weighted by molar-refractivity contribution is 6.30. The van der Waals surface area contributed by atoms with E-state index in [1.807, 2.05) is 30.3 Å². The number of rotatable bonds is 4. The van der Waals surface area contributed by atoms with E-state index in [1.165, 1.54) is 11.1 Å². The van der Waals surface area contributed by atoms with Gasteiger partial charge in [0.15, 0.2) is 0 Å². The number of benzene rings is 2. The minimum absolute atomic E-state index is 0.243. The summed E-state index contributed by atoms with van der Waals surface area (Å²) in [6.45, 7) is 4.57. The molecule has 1 aliphatic carbocycles. The van der Waals surface area contributed by atoms with Crippen molar-refractivity contribution in [1.82, 2.24) is 9.80 Å². The molecule has 0 atom stereocenters. The van der Waals surface area contributed by atoms with E-state index in [0.29, 0.717) is 5.91 Å². The second-order valence-electron chi connectivity index (χ2n) is 7.50. The first-order chi connectivity index (χ1) is 12.7. The van der Waals surface area contributed by atoms with Crippen LogP contribution in [0.5, 0.6) is 0 Å². The summed E-state index contributed by atoms with van der Waals surface area (Å²) in [7, 11) is 0. The Morgan fingerprint density at radius 1 is 0.923 bits per heavy atom.